The number of aliphatic hydroxyl groups is 1. The van der Waals surface area contributed by atoms with Gasteiger partial charge in [0.15, 0.2) is 0 Å². The van der Waals surface area contributed by atoms with Crippen LogP contribution in [0.3, 0.4) is 0 Å². The zero-order valence-corrected chi connectivity index (χ0v) is 15.5. The standard InChI is InChI=1S/C22H19NO5/c1-12-6-7-14(13(2)8-12)9-23-10-15(19-17(23)4-3-5-18(19)24)20(25)16-11-28-22(27)21(16)26/h3-8,10,24-25H,9,11H2,1-2H3/b20-16-. The van der Waals surface area contributed by atoms with E-state index in [2.05, 4.69) is 6.07 Å². The molecule has 0 radical (unpaired) electrons. The number of hydrogen-bond donors (Lipinski definition) is 2. The molecule has 2 aromatic carbocycles. The SMILES string of the molecule is Cc1ccc(Cn2cc(/C(O)=C3\COC(=O)C3=O)c3c(O)cccc32)c(C)c1. The molecule has 1 aliphatic heterocycles. The number of aromatic hydroxyl groups is 1. The highest BCUT2D eigenvalue weighted by molar-refractivity contribution is 6.43. The van der Waals surface area contributed by atoms with Crippen molar-refractivity contribution in [3.05, 3.63) is 70.4 Å². The lowest BCUT2D eigenvalue weighted by molar-refractivity contribution is -0.146. The zero-order chi connectivity index (χ0) is 20.0. The molecule has 28 heavy (non-hydrogen) atoms. The fourth-order valence-electron chi connectivity index (χ4n) is 3.58. The molecule has 1 saturated heterocycles. The van der Waals surface area contributed by atoms with Crippen molar-refractivity contribution < 1.29 is 24.5 Å². The minimum Gasteiger partial charge on any atom is -0.507 e. The van der Waals surface area contributed by atoms with Crippen LogP contribution in [-0.2, 0) is 20.9 Å². The molecule has 2 N–H and O–H groups in total. The van der Waals surface area contributed by atoms with Crippen molar-refractivity contribution in [1.82, 2.24) is 4.57 Å². The van der Waals surface area contributed by atoms with Crippen LogP contribution in [0.15, 0.2) is 48.2 Å². The van der Waals surface area contributed by atoms with Crippen LogP contribution in [0.5, 0.6) is 5.75 Å². The Labute approximate surface area is 161 Å². The first-order chi connectivity index (χ1) is 13.4. The number of aliphatic hydroxyl groups excluding tert-OH is 1. The second kappa shape index (κ2) is 6.56. The molecule has 1 fully saturated rings. The number of fused-ring (bicyclic) bond motifs is 1. The van der Waals surface area contributed by atoms with E-state index in [0.717, 1.165) is 11.1 Å². The molecule has 1 aromatic heterocycles. The van der Waals surface area contributed by atoms with Crippen LogP contribution < -0.4 is 0 Å². The molecule has 0 unspecified atom stereocenters. The number of phenolic OH excluding ortho intramolecular Hbond substituents is 1. The van der Waals surface area contributed by atoms with Crippen molar-refractivity contribution in [2.75, 3.05) is 6.61 Å². The molecule has 2 heterocycles. The van der Waals surface area contributed by atoms with Gasteiger partial charge >= 0.3 is 5.97 Å². The van der Waals surface area contributed by atoms with E-state index in [1.54, 1.807) is 12.3 Å². The Morgan fingerprint density at radius 1 is 1.18 bits per heavy atom. The number of carbonyl (C=O) groups excluding carboxylic acids is 2. The normalized spacial score (nSPS) is 15.9. The van der Waals surface area contributed by atoms with Gasteiger partial charge in [0.2, 0.25) is 0 Å². The van der Waals surface area contributed by atoms with Crippen molar-refractivity contribution >= 4 is 28.4 Å². The molecule has 3 aromatic rings. The Kier molecular flexibility index (Phi) is 4.19. The second-order valence-electron chi connectivity index (χ2n) is 7.00. The molecular formula is C22H19NO5. The molecule has 0 atom stereocenters. The molecule has 1 aliphatic rings. The van der Waals surface area contributed by atoms with E-state index in [9.17, 15) is 19.8 Å². The number of phenols is 1. The van der Waals surface area contributed by atoms with Gasteiger partial charge in [-0.2, -0.15) is 0 Å². The van der Waals surface area contributed by atoms with Crippen LogP contribution in [0.1, 0.15) is 22.3 Å². The number of benzene rings is 2. The Balaban J connectivity index is 1.88. The maximum absolute atomic E-state index is 12.0. The number of rotatable bonds is 3. The lowest BCUT2D eigenvalue weighted by atomic mass is 10.1. The van der Waals surface area contributed by atoms with Crippen LogP contribution in [0.25, 0.3) is 16.7 Å². The number of cyclic esters (lactones) is 1. The van der Waals surface area contributed by atoms with Gasteiger partial charge < -0.3 is 19.5 Å². The predicted octanol–water partition coefficient (Wildman–Crippen LogP) is 3.41. The molecule has 0 saturated carbocycles. The summed E-state index contributed by atoms with van der Waals surface area (Å²) < 4.78 is 6.62. The first-order valence-electron chi connectivity index (χ1n) is 8.87. The van der Waals surface area contributed by atoms with Crippen LogP contribution in [0, 0.1) is 13.8 Å². The maximum atomic E-state index is 12.0. The summed E-state index contributed by atoms with van der Waals surface area (Å²) in [4.78, 5) is 23.3. The van der Waals surface area contributed by atoms with Gasteiger partial charge in [-0.3, -0.25) is 4.79 Å². The average molecular weight is 377 g/mol. The first kappa shape index (κ1) is 17.9. The van der Waals surface area contributed by atoms with Crippen molar-refractivity contribution in [3.8, 4) is 5.75 Å². The number of aromatic nitrogens is 1. The maximum Gasteiger partial charge on any atom is 0.379 e. The molecule has 0 aliphatic carbocycles. The third-order valence-electron chi connectivity index (χ3n) is 5.07. The Morgan fingerprint density at radius 3 is 2.64 bits per heavy atom. The number of Topliss-reactive ketones (excluding diaryl/α,β-unsaturated/α-hetero) is 1. The molecule has 6 nitrogen and oxygen atoms in total. The van der Waals surface area contributed by atoms with Gasteiger partial charge in [-0.15, -0.1) is 0 Å². The van der Waals surface area contributed by atoms with Gasteiger partial charge in [-0.25, -0.2) is 4.79 Å². The van der Waals surface area contributed by atoms with E-state index >= 15 is 0 Å². The highest BCUT2D eigenvalue weighted by Crippen LogP contribution is 2.35. The van der Waals surface area contributed by atoms with E-state index in [0.29, 0.717) is 23.0 Å². The van der Waals surface area contributed by atoms with Crippen molar-refractivity contribution in [2.45, 2.75) is 20.4 Å². The predicted molar refractivity (Wildman–Crippen MR) is 104 cm³/mol. The van der Waals surface area contributed by atoms with Gasteiger partial charge in [-0.05, 0) is 37.1 Å². The van der Waals surface area contributed by atoms with Gasteiger partial charge in [0.05, 0.1) is 16.5 Å². The lowest BCUT2D eigenvalue weighted by Gasteiger charge is -2.09. The minimum atomic E-state index is -0.982. The Bertz CT molecular complexity index is 1170. The third-order valence-corrected chi connectivity index (χ3v) is 5.07. The highest BCUT2D eigenvalue weighted by atomic mass is 16.5. The number of nitrogens with zero attached hydrogens (tertiary/aromatic N) is 1. The van der Waals surface area contributed by atoms with Gasteiger partial charge in [-0.1, -0.05) is 29.8 Å². The number of ketones is 1. The molecule has 0 bridgehead atoms. The van der Waals surface area contributed by atoms with E-state index in [1.807, 2.05) is 36.6 Å². The summed E-state index contributed by atoms with van der Waals surface area (Å²) in [6.07, 6.45) is 1.68. The van der Waals surface area contributed by atoms with E-state index in [-0.39, 0.29) is 23.7 Å². The smallest absolute Gasteiger partial charge is 0.379 e. The first-order valence-corrected chi connectivity index (χ1v) is 8.87. The number of ether oxygens (including phenoxy) is 1. The van der Waals surface area contributed by atoms with Crippen molar-refractivity contribution in [3.63, 3.8) is 0 Å². The zero-order valence-electron chi connectivity index (χ0n) is 15.5. The molecule has 142 valence electrons. The summed E-state index contributed by atoms with van der Waals surface area (Å²) in [6, 6.07) is 11.2. The van der Waals surface area contributed by atoms with E-state index in [1.165, 1.54) is 11.6 Å². The average Bonchev–Trinajstić information content (AvgIpc) is 3.19. The fourth-order valence-corrected chi connectivity index (χ4v) is 3.58. The lowest BCUT2D eigenvalue weighted by Crippen LogP contribution is -2.08. The number of aryl methyl sites for hydroxylation is 2. The summed E-state index contributed by atoms with van der Waals surface area (Å²) >= 11 is 0. The number of hydrogen-bond acceptors (Lipinski definition) is 5. The Morgan fingerprint density at radius 2 is 1.96 bits per heavy atom. The van der Waals surface area contributed by atoms with Gasteiger partial charge in [0, 0.05) is 18.3 Å². The topological polar surface area (TPSA) is 88.8 Å². The van der Waals surface area contributed by atoms with Crippen LogP contribution >= 0.6 is 0 Å². The van der Waals surface area contributed by atoms with E-state index < -0.39 is 11.8 Å². The van der Waals surface area contributed by atoms with Crippen LogP contribution in [0.2, 0.25) is 0 Å². The molecule has 0 spiro atoms. The van der Waals surface area contributed by atoms with Gasteiger partial charge in [0.1, 0.15) is 18.1 Å². The molecule has 6 heteroatoms. The molecule has 4 rings (SSSR count). The Hall–Kier alpha value is -3.54. The monoisotopic (exact) mass is 377 g/mol. The van der Waals surface area contributed by atoms with Crippen molar-refractivity contribution in [1.29, 1.82) is 0 Å². The summed E-state index contributed by atoms with van der Waals surface area (Å²) in [5.41, 5.74) is 4.30. The van der Waals surface area contributed by atoms with Crippen molar-refractivity contribution in [2.24, 2.45) is 0 Å². The summed E-state index contributed by atoms with van der Waals surface area (Å²) in [5, 5.41) is 21.5. The van der Waals surface area contributed by atoms with E-state index in [4.69, 9.17) is 4.74 Å². The van der Waals surface area contributed by atoms with Crippen LogP contribution in [0.4, 0.5) is 0 Å². The number of carbonyl (C=O) groups is 2. The summed E-state index contributed by atoms with van der Waals surface area (Å²) in [7, 11) is 0. The largest absolute Gasteiger partial charge is 0.507 e. The second-order valence-corrected chi connectivity index (χ2v) is 7.00. The molecule has 0 amide bonds. The highest BCUT2D eigenvalue weighted by Gasteiger charge is 2.33. The summed E-state index contributed by atoms with van der Waals surface area (Å²) in [6.45, 7) is 4.31. The summed E-state index contributed by atoms with van der Waals surface area (Å²) in [5.74, 6) is -2.20. The van der Waals surface area contributed by atoms with Gasteiger partial charge in [0.25, 0.3) is 5.78 Å². The quantitative estimate of drug-likeness (QED) is 0.316. The fraction of sp³-hybridized carbons (Fsp3) is 0.182. The third kappa shape index (κ3) is 2.83. The molecular weight excluding hydrogens is 358 g/mol. The number of esters is 1. The minimum absolute atomic E-state index is 0.0169. The van der Waals surface area contributed by atoms with Crippen LogP contribution in [-0.4, -0.2) is 33.1 Å².